The molecule has 1 aliphatic carbocycles. The number of benzene rings is 1. The molecule has 1 aromatic rings. The van der Waals surface area contributed by atoms with Gasteiger partial charge in [0.05, 0.1) is 4.91 Å². The van der Waals surface area contributed by atoms with Crippen LogP contribution in [0.25, 0.3) is 0 Å². The first-order valence-corrected chi connectivity index (χ1v) is 8.50. The zero-order valence-corrected chi connectivity index (χ0v) is 13.7. The highest BCUT2D eigenvalue weighted by Gasteiger charge is 2.32. The first kappa shape index (κ1) is 16.1. The Bertz CT molecular complexity index is 598. The van der Waals surface area contributed by atoms with E-state index < -0.39 is 0 Å². The van der Waals surface area contributed by atoms with Crippen molar-refractivity contribution < 1.29 is 9.59 Å². The summed E-state index contributed by atoms with van der Waals surface area (Å²) >= 11 is 7.07. The van der Waals surface area contributed by atoms with Gasteiger partial charge in [-0.15, -0.1) is 23.4 Å². The van der Waals surface area contributed by atoms with Crippen molar-refractivity contribution in [1.82, 2.24) is 5.32 Å². The predicted molar refractivity (Wildman–Crippen MR) is 88.2 cm³/mol. The molecule has 0 bridgehead atoms. The molecular weight excluding hydrogens is 306 g/mol. The van der Waals surface area contributed by atoms with Gasteiger partial charge in [-0.25, -0.2) is 0 Å². The summed E-state index contributed by atoms with van der Waals surface area (Å²) in [6.07, 6.45) is 0.875. The lowest BCUT2D eigenvalue weighted by atomic mass is 9.92. The lowest BCUT2D eigenvalue weighted by Crippen LogP contribution is -2.34. The standard InChI is InChI=1S/C16H18ClNO2S/c1-3-10(2)18-13-14(19)11-6-4-5-7-12(11)15(20)16(13)21-9-8-17/h4-7,10,18H,3,8-9H2,1-2H3. The average molecular weight is 324 g/mol. The summed E-state index contributed by atoms with van der Waals surface area (Å²) in [5.41, 5.74) is 1.38. The Labute approximate surface area is 134 Å². The van der Waals surface area contributed by atoms with Crippen LogP contribution in [0.3, 0.4) is 0 Å². The minimum atomic E-state index is -0.109. The molecule has 1 aromatic carbocycles. The third-order valence-corrected chi connectivity index (χ3v) is 4.90. The van der Waals surface area contributed by atoms with Gasteiger partial charge in [0, 0.05) is 28.8 Å². The number of nitrogens with one attached hydrogen (secondary N) is 1. The number of alkyl halides is 1. The quantitative estimate of drug-likeness (QED) is 0.812. The molecule has 5 heteroatoms. The molecule has 112 valence electrons. The number of hydrogen-bond acceptors (Lipinski definition) is 4. The predicted octanol–water partition coefficient (Wildman–Crippen LogP) is 3.64. The van der Waals surface area contributed by atoms with Crippen LogP contribution in [0.5, 0.6) is 0 Å². The van der Waals surface area contributed by atoms with Crippen molar-refractivity contribution in [3.05, 3.63) is 46.0 Å². The molecule has 1 unspecified atom stereocenters. The second-order valence-electron chi connectivity index (χ2n) is 4.90. The fourth-order valence-electron chi connectivity index (χ4n) is 2.11. The Morgan fingerprint density at radius 1 is 1.19 bits per heavy atom. The third kappa shape index (κ3) is 3.33. The number of fused-ring (bicyclic) bond motifs is 1. The van der Waals surface area contributed by atoms with Crippen LogP contribution in [0.1, 0.15) is 41.0 Å². The molecule has 0 spiro atoms. The normalized spacial score (nSPS) is 16.0. The third-order valence-electron chi connectivity index (χ3n) is 3.40. The molecule has 0 aromatic heterocycles. The Kier molecular flexibility index (Phi) is 5.48. The van der Waals surface area contributed by atoms with E-state index in [-0.39, 0.29) is 17.6 Å². The minimum Gasteiger partial charge on any atom is -0.378 e. The second-order valence-corrected chi connectivity index (χ2v) is 6.38. The van der Waals surface area contributed by atoms with E-state index in [1.54, 1.807) is 24.3 Å². The number of carbonyl (C=O) groups excluding carboxylic acids is 2. The SMILES string of the molecule is CCC(C)NC1=C(SCCCl)C(=O)c2ccccc2C1=O. The highest BCUT2D eigenvalue weighted by Crippen LogP contribution is 2.32. The van der Waals surface area contributed by atoms with Gasteiger partial charge in [0.15, 0.2) is 0 Å². The summed E-state index contributed by atoms with van der Waals surface area (Å²) in [5, 5.41) is 3.19. The van der Waals surface area contributed by atoms with Gasteiger partial charge in [0.1, 0.15) is 5.70 Å². The lowest BCUT2D eigenvalue weighted by molar-refractivity contribution is 0.0973. The van der Waals surface area contributed by atoms with Crippen LogP contribution in [0, 0.1) is 0 Å². The van der Waals surface area contributed by atoms with Crippen LogP contribution < -0.4 is 5.32 Å². The van der Waals surface area contributed by atoms with Crippen LogP contribution in [0.4, 0.5) is 0 Å². The number of thioether (sulfide) groups is 1. The first-order chi connectivity index (χ1) is 10.1. The number of allylic oxidation sites excluding steroid dienone is 2. The van der Waals surface area contributed by atoms with E-state index in [1.165, 1.54) is 11.8 Å². The zero-order valence-electron chi connectivity index (χ0n) is 12.1. The van der Waals surface area contributed by atoms with Crippen LogP contribution in [-0.4, -0.2) is 29.2 Å². The van der Waals surface area contributed by atoms with Crippen LogP contribution in [0.15, 0.2) is 34.9 Å². The Morgan fingerprint density at radius 3 is 2.38 bits per heavy atom. The number of Topliss-reactive ketones (excluding diaryl/α,β-unsaturated/α-hetero) is 2. The number of carbonyl (C=O) groups is 2. The van der Waals surface area contributed by atoms with Crippen molar-refractivity contribution >= 4 is 34.9 Å². The fourth-order valence-corrected chi connectivity index (χ4v) is 3.16. The van der Waals surface area contributed by atoms with E-state index in [9.17, 15) is 9.59 Å². The molecule has 0 saturated heterocycles. The molecule has 1 aliphatic rings. The molecule has 0 radical (unpaired) electrons. The van der Waals surface area contributed by atoms with Crippen molar-refractivity contribution in [1.29, 1.82) is 0 Å². The number of rotatable bonds is 6. The minimum absolute atomic E-state index is 0.0916. The number of hydrogen-bond donors (Lipinski definition) is 1. The molecule has 0 aliphatic heterocycles. The summed E-state index contributed by atoms with van der Waals surface area (Å²) < 4.78 is 0. The molecular formula is C16H18ClNO2S. The Hall–Kier alpha value is -1.26. The van der Waals surface area contributed by atoms with Gasteiger partial charge in [0.25, 0.3) is 0 Å². The van der Waals surface area contributed by atoms with E-state index in [4.69, 9.17) is 11.6 Å². The number of halogens is 1. The second kappa shape index (κ2) is 7.14. The van der Waals surface area contributed by atoms with Gasteiger partial charge in [-0.1, -0.05) is 31.2 Å². The highest BCUT2D eigenvalue weighted by molar-refractivity contribution is 8.04. The van der Waals surface area contributed by atoms with E-state index in [0.717, 1.165) is 6.42 Å². The van der Waals surface area contributed by atoms with Gasteiger partial charge in [-0.3, -0.25) is 9.59 Å². The van der Waals surface area contributed by atoms with Gasteiger partial charge in [0.2, 0.25) is 11.6 Å². The smallest absolute Gasteiger partial charge is 0.210 e. The van der Waals surface area contributed by atoms with Crippen LogP contribution >= 0.6 is 23.4 Å². The molecule has 1 N–H and O–H groups in total. The van der Waals surface area contributed by atoms with Crippen LogP contribution in [-0.2, 0) is 0 Å². The molecule has 3 nitrogen and oxygen atoms in total. The van der Waals surface area contributed by atoms with E-state index in [2.05, 4.69) is 5.32 Å². The average Bonchev–Trinajstić information content (AvgIpc) is 2.51. The summed E-state index contributed by atoms with van der Waals surface area (Å²) in [6.45, 7) is 4.03. The van der Waals surface area contributed by atoms with Gasteiger partial charge >= 0.3 is 0 Å². The molecule has 2 rings (SSSR count). The molecule has 0 fully saturated rings. The zero-order chi connectivity index (χ0) is 15.4. The molecule has 1 atom stereocenters. The number of ketones is 2. The summed E-state index contributed by atoms with van der Waals surface area (Å²) in [4.78, 5) is 25.8. The van der Waals surface area contributed by atoms with Crippen molar-refractivity contribution in [2.24, 2.45) is 0 Å². The lowest BCUT2D eigenvalue weighted by Gasteiger charge is -2.24. The van der Waals surface area contributed by atoms with Crippen molar-refractivity contribution in [3.63, 3.8) is 0 Å². The Balaban J connectivity index is 2.46. The Morgan fingerprint density at radius 2 is 1.81 bits per heavy atom. The van der Waals surface area contributed by atoms with Crippen molar-refractivity contribution in [2.75, 3.05) is 11.6 Å². The van der Waals surface area contributed by atoms with E-state index in [0.29, 0.717) is 33.4 Å². The molecule has 0 amide bonds. The maximum absolute atomic E-state index is 12.7. The monoisotopic (exact) mass is 323 g/mol. The maximum Gasteiger partial charge on any atom is 0.210 e. The molecule has 0 saturated carbocycles. The highest BCUT2D eigenvalue weighted by atomic mass is 35.5. The molecule has 0 heterocycles. The summed E-state index contributed by atoms with van der Waals surface area (Å²) in [5.74, 6) is 0.839. The van der Waals surface area contributed by atoms with Crippen molar-refractivity contribution in [3.8, 4) is 0 Å². The fraction of sp³-hybridized carbons (Fsp3) is 0.375. The van der Waals surface area contributed by atoms with Crippen LogP contribution in [0.2, 0.25) is 0 Å². The topological polar surface area (TPSA) is 46.2 Å². The van der Waals surface area contributed by atoms with Crippen molar-refractivity contribution in [2.45, 2.75) is 26.3 Å². The van der Waals surface area contributed by atoms with Gasteiger partial charge < -0.3 is 5.32 Å². The van der Waals surface area contributed by atoms with E-state index in [1.807, 2.05) is 13.8 Å². The largest absolute Gasteiger partial charge is 0.378 e. The van der Waals surface area contributed by atoms with Gasteiger partial charge in [-0.05, 0) is 13.3 Å². The van der Waals surface area contributed by atoms with E-state index >= 15 is 0 Å². The first-order valence-electron chi connectivity index (χ1n) is 6.98. The summed E-state index contributed by atoms with van der Waals surface area (Å²) in [6, 6.07) is 7.10. The maximum atomic E-state index is 12.7. The molecule has 21 heavy (non-hydrogen) atoms. The van der Waals surface area contributed by atoms with Gasteiger partial charge in [-0.2, -0.15) is 0 Å². The summed E-state index contributed by atoms with van der Waals surface area (Å²) in [7, 11) is 0.